The smallest absolute Gasteiger partial charge is 0.335 e. The number of aliphatic carboxylic acids is 2. The number of rotatable bonds is 6. The molecule has 1 rings (SSSR count). The Kier molecular flexibility index (Phi) is 4.62. The van der Waals surface area contributed by atoms with Gasteiger partial charge in [0.05, 0.1) is 6.61 Å². The van der Waals surface area contributed by atoms with Gasteiger partial charge in [0.25, 0.3) is 0 Å². The van der Waals surface area contributed by atoms with Gasteiger partial charge in [0.1, 0.15) is 6.04 Å². The Hall–Kier alpha value is -1.92. The molecule has 0 saturated carbocycles. The van der Waals surface area contributed by atoms with E-state index in [1.165, 1.54) is 0 Å². The van der Waals surface area contributed by atoms with E-state index in [1.807, 2.05) is 0 Å². The van der Waals surface area contributed by atoms with Crippen molar-refractivity contribution < 1.29 is 24.5 Å². The first-order chi connectivity index (χ1) is 8.02. The summed E-state index contributed by atoms with van der Waals surface area (Å²) in [5.74, 6) is -2.80. The molecule has 17 heavy (non-hydrogen) atoms. The average molecular weight is 239 g/mol. The first kappa shape index (κ1) is 13.1. The van der Waals surface area contributed by atoms with Crippen LogP contribution in [-0.4, -0.2) is 34.3 Å². The molecule has 1 aromatic rings. The standard InChI is InChI=1S/C11H13NO5/c12-8(10(13)14)9(11(15)16)17-6-7-4-2-1-3-5-7/h1-5,8-9H,6,12H2,(H,13,14)(H,15,16)/t8-,9+/m1/s1. The maximum atomic E-state index is 10.8. The Balaban J connectivity index is 2.63. The Morgan fingerprint density at radius 2 is 1.76 bits per heavy atom. The normalized spacial score (nSPS) is 13.9. The van der Waals surface area contributed by atoms with E-state index in [0.717, 1.165) is 5.56 Å². The molecule has 0 unspecified atom stereocenters. The highest BCUT2D eigenvalue weighted by atomic mass is 16.5. The predicted octanol–water partition coefficient (Wildman–Crippen LogP) is 0.0683. The Morgan fingerprint density at radius 1 is 1.18 bits per heavy atom. The monoisotopic (exact) mass is 239 g/mol. The van der Waals surface area contributed by atoms with Gasteiger partial charge < -0.3 is 20.7 Å². The van der Waals surface area contributed by atoms with Crippen LogP contribution in [0.5, 0.6) is 0 Å². The molecule has 0 heterocycles. The zero-order valence-electron chi connectivity index (χ0n) is 8.95. The molecule has 0 aliphatic heterocycles. The second-order valence-electron chi connectivity index (χ2n) is 3.42. The third kappa shape index (κ3) is 3.86. The van der Waals surface area contributed by atoms with Crippen LogP contribution in [0.2, 0.25) is 0 Å². The summed E-state index contributed by atoms with van der Waals surface area (Å²) in [6, 6.07) is 7.24. The molecule has 6 nitrogen and oxygen atoms in total. The van der Waals surface area contributed by atoms with Gasteiger partial charge in [0.2, 0.25) is 0 Å². The molecule has 2 atom stereocenters. The lowest BCUT2D eigenvalue weighted by atomic mass is 10.1. The molecule has 0 amide bonds. The summed E-state index contributed by atoms with van der Waals surface area (Å²) in [6.45, 7) is -0.00120. The number of hydrogen-bond donors (Lipinski definition) is 3. The fraction of sp³-hybridized carbons (Fsp3) is 0.273. The molecule has 6 heteroatoms. The number of carboxylic acids is 2. The van der Waals surface area contributed by atoms with Crippen LogP contribution in [0.25, 0.3) is 0 Å². The summed E-state index contributed by atoms with van der Waals surface area (Å²) in [4.78, 5) is 21.4. The molecule has 0 spiro atoms. The fourth-order valence-corrected chi connectivity index (χ4v) is 1.22. The van der Waals surface area contributed by atoms with Crippen LogP contribution >= 0.6 is 0 Å². The van der Waals surface area contributed by atoms with Crippen LogP contribution in [0.3, 0.4) is 0 Å². The minimum absolute atomic E-state index is 0.00120. The highest BCUT2D eigenvalue weighted by molar-refractivity contribution is 5.84. The number of benzene rings is 1. The van der Waals surface area contributed by atoms with E-state index in [9.17, 15) is 9.59 Å². The van der Waals surface area contributed by atoms with E-state index in [1.54, 1.807) is 30.3 Å². The van der Waals surface area contributed by atoms with Gasteiger partial charge >= 0.3 is 11.9 Å². The maximum Gasteiger partial charge on any atom is 0.335 e. The summed E-state index contributed by atoms with van der Waals surface area (Å²) in [5.41, 5.74) is 5.97. The lowest BCUT2D eigenvalue weighted by Gasteiger charge is -2.17. The van der Waals surface area contributed by atoms with Crippen molar-refractivity contribution in [2.75, 3.05) is 0 Å². The van der Waals surface area contributed by atoms with Crippen molar-refractivity contribution in [2.24, 2.45) is 5.73 Å². The molecular weight excluding hydrogens is 226 g/mol. The molecule has 0 fully saturated rings. The van der Waals surface area contributed by atoms with Crippen molar-refractivity contribution in [3.8, 4) is 0 Å². The number of nitrogens with two attached hydrogens (primary N) is 1. The van der Waals surface area contributed by atoms with Crippen molar-refractivity contribution in [1.82, 2.24) is 0 Å². The number of carboxylic acid groups (broad SMARTS) is 2. The summed E-state index contributed by atoms with van der Waals surface area (Å²) >= 11 is 0. The van der Waals surface area contributed by atoms with Crippen molar-refractivity contribution >= 4 is 11.9 Å². The molecule has 0 aromatic heterocycles. The maximum absolute atomic E-state index is 10.8. The van der Waals surface area contributed by atoms with E-state index < -0.39 is 24.1 Å². The largest absolute Gasteiger partial charge is 0.480 e. The highest BCUT2D eigenvalue weighted by Gasteiger charge is 2.31. The lowest BCUT2D eigenvalue weighted by molar-refractivity contribution is -0.159. The van der Waals surface area contributed by atoms with Gasteiger partial charge in [0.15, 0.2) is 6.10 Å². The first-order valence-corrected chi connectivity index (χ1v) is 4.89. The van der Waals surface area contributed by atoms with E-state index in [-0.39, 0.29) is 6.61 Å². The second-order valence-corrected chi connectivity index (χ2v) is 3.42. The van der Waals surface area contributed by atoms with Crippen molar-refractivity contribution in [3.05, 3.63) is 35.9 Å². The molecule has 0 saturated heterocycles. The van der Waals surface area contributed by atoms with Gasteiger partial charge in [-0.05, 0) is 5.56 Å². The van der Waals surface area contributed by atoms with Gasteiger partial charge in [-0.2, -0.15) is 0 Å². The van der Waals surface area contributed by atoms with Crippen LogP contribution in [0, 0.1) is 0 Å². The average Bonchev–Trinajstić information content (AvgIpc) is 2.29. The highest BCUT2D eigenvalue weighted by Crippen LogP contribution is 2.06. The van der Waals surface area contributed by atoms with Crippen LogP contribution in [-0.2, 0) is 20.9 Å². The molecule has 0 aliphatic rings. The van der Waals surface area contributed by atoms with Gasteiger partial charge in [0, 0.05) is 0 Å². The summed E-state index contributed by atoms with van der Waals surface area (Å²) in [5, 5.41) is 17.4. The summed E-state index contributed by atoms with van der Waals surface area (Å²) in [7, 11) is 0. The molecule has 0 bridgehead atoms. The molecule has 4 N–H and O–H groups in total. The SMILES string of the molecule is N[C@@H](C(=O)O)[C@H](OCc1ccccc1)C(=O)O. The van der Waals surface area contributed by atoms with E-state index >= 15 is 0 Å². The summed E-state index contributed by atoms with van der Waals surface area (Å²) < 4.78 is 5.01. The van der Waals surface area contributed by atoms with Crippen molar-refractivity contribution in [1.29, 1.82) is 0 Å². The molecule has 0 aliphatic carbocycles. The lowest BCUT2D eigenvalue weighted by Crippen LogP contribution is -2.47. The van der Waals surface area contributed by atoms with Gasteiger partial charge in [-0.25, -0.2) is 4.79 Å². The Bertz CT molecular complexity index is 392. The summed E-state index contributed by atoms with van der Waals surface area (Å²) in [6.07, 6.45) is -1.56. The van der Waals surface area contributed by atoms with Gasteiger partial charge in [-0.3, -0.25) is 4.79 Å². The zero-order chi connectivity index (χ0) is 12.8. The molecule has 1 aromatic carbocycles. The number of carbonyl (C=O) groups is 2. The van der Waals surface area contributed by atoms with E-state index in [2.05, 4.69) is 0 Å². The fourth-order valence-electron chi connectivity index (χ4n) is 1.22. The third-order valence-electron chi connectivity index (χ3n) is 2.13. The minimum atomic E-state index is -1.59. The number of ether oxygens (including phenoxy) is 1. The van der Waals surface area contributed by atoms with E-state index in [4.69, 9.17) is 20.7 Å². The van der Waals surface area contributed by atoms with Crippen LogP contribution in [0.1, 0.15) is 5.56 Å². The number of hydrogen-bond acceptors (Lipinski definition) is 4. The third-order valence-corrected chi connectivity index (χ3v) is 2.13. The van der Waals surface area contributed by atoms with Crippen LogP contribution in [0.15, 0.2) is 30.3 Å². The van der Waals surface area contributed by atoms with Gasteiger partial charge in [-0.15, -0.1) is 0 Å². The molecule has 0 radical (unpaired) electrons. The first-order valence-electron chi connectivity index (χ1n) is 4.89. The minimum Gasteiger partial charge on any atom is -0.480 e. The van der Waals surface area contributed by atoms with Crippen molar-refractivity contribution in [2.45, 2.75) is 18.8 Å². The predicted molar refractivity (Wildman–Crippen MR) is 58.3 cm³/mol. The zero-order valence-corrected chi connectivity index (χ0v) is 8.95. The Morgan fingerprint density at radius 3 is 2.24 bits per heavy atom. The van der Waals surface area contributed by atoms with Crippen LogP contribution in [0.4, 0.5) is 0 Å². The van der Waals surface area contributed by atoms with Gasteiger partial charge in [-0.1, -0.05) is 30.3 Å². The molecular formula is C11H13NO5. The van der Waals surface area contributed by atoms with Crippen LogP contribution < -0.4 is 5.73 Å². The second kappa shape index (κ2) is 5.97. The Labute approximate surface area is 97.6 Å². The van der Waals surface area contributed by atoms with Crippen molar-refractivity contribution in [3.63, 3.8) is 0 Å². The topological polar surface area (TPSA) is 110 Å². The quantitative estimate of drug-likeness (QED) is 0.648. The van der Waals surface area contributed by atoms with E-state index in [0.29, 0.717) is 0 Å². The molecule has 92 valence electrons.